The van der Waals surface area contributed by atoms with Gasteiger partial charge in [0, 0.05) is 22.4 Å². The molecular weight excluding hydrogens is 310 g/mol. The highest BCUT2D eigenvalue weighted by atomic mass is 79.9. The number of aliphatic hydroxyl groups excluding tert-OH is 1. The van der Waals surface area contributed by atoms with Gasteiger partial charge in [0.05, 0.1) is 12.0 Å². The quantitative estimate of drug-likeness (QED) is 0.919. The van der Waals surface area contributed by atoms with Crippen LogP contribution in [0.1, 0.15) is 37.5 Å². The van der Waals surface area contributed by atoms with Gasteiger partial charge in [-0.2, -0.15) is 4.98 Å². The first kappa shape index (κ1) is 12.7. The van der Waals surface area contributed by atoms with Crippen molar-refractivity contribution in [3.63, 3.8) is 0 Å². The standard InChI is InChI=1S/C13H14BrN3O2/c14-9-5-8(6-15-7-9)12-16-13(19-17-12)10-3-1-2-4-11(10)18/h5-7,10-11,18H,1-4H2. The van der Waals surface area contributed by atoms with Gasteiger partial charge in [0.15, 0.2) is 0 Å². The molecule has 19 heavy (non-hydrogen) atoms. The largest absolute Gasteiger partial charge is 0.392 e. The zero-order valence-electron chi connectivity index (χ0n) is 10.3. The third kappa shape index (κ3) is 2.69. The molecule has 2 unspecified atom stereocenters. The normalized spacial score (nSPS) is 23.5. The highest BCUT2D eigenvalue weighted by Crippen LogP contribution is 2.33. The van der Waals surface area contributed by atoms with Crippen molar-refractivity contribution in [1.82, 2.24) is 15.1 Å². The Balaban J connectivity index is 1.86. The number of hydrogen-bond acceptors (Lipinski definition) is 5. The molecular formula is C13H14BrN3O2. The maximum Gasteiger partial charge on any atom is 0.232 e. The van der Waals surface area contributed by atoms with Crippen LogP contribution in [0.5, 0.6) is 0 Å². The Hall–Kier alpha value is -1.27. The molecule has 0 amide bonds. The third-order valence-electron chi connectivity index (χ3n) is 3.45. The first-order valence-corrected chi connectivity index (χ1v) is 7.16. The van der Waals surface area contributed by atoms with Crippen LogP contribution in [-0.2, 0) is 0 Å². The molecule has 6 heteroatoms. The lowest BCUT2D eigenvalue weighted by atomic mass is 9.86. The number of aromatic nitrogens is 3. The first-order valence-electron chi connectivity index (χ1n) is 6.36. The molecule has 0 aromatic carbocycles. The molecule has 0 radical (unpaired) electrons. The predicted octanol–water partition coefficient (Wildman–Crippen LogP) is 2.91. The van der Waals surface area contributed by atoms with E-state index in [0.29, 0.717) is 11.7 Å². The molecule has 0 saturated heterocycles. The van der Waals surface area contributed by atoms with Crippen LogP contribution in [-0.4, -0.2) is 26.3 Å². The fourth-order valence-corrected chi connectivity index (χ4v) is 2.80. The SMILES string of the molecule is OC1CCCCC1c1nc(-c2cncc(Br)c2)no1. The molecule has 2 atom stereocenters. The van der Waals surface area contributed by atoms with Crippen molar-refractivity contribution in [2.24, 2.45) is 0 Å². The summed E-state index contributed by atoms with van der Waals surface area (Å²) in [5.74, 6) is 1.01. The van der Waals surface area contributed by atoms with Crippen molar-refractivity contribution in [3.05, 3.63) is 28.8 Å². The van der Waals surface area contributed by atoms with Crippen molar-refractivity contribution >= 4 is 15.9 Å². The Morgan fingerprint density at radius 3 is 2.89 bits per heavy atom. The van der Waals surface area contributed by atoms with Gasteiger partial charge in [-0.05, 0) is 34.8 Å². The van der Waals surface area contributed by atoms with E-state index in [9.17, 15) is 5.11 Å². The van der Waals surface area contributed by atoms with Crippen LogP contribution in [0.4, 0.5) is 0 Å². The van der Waals surface area contributed by atoms with Crippen molar-refractivity contribution in [2.45, 2.75) is 37.7 Å². The van der Waals surface area contributed by atoms with Crippen molar-refractivity contribution in [1.29, 1.82) is 0 Å². The highest BCUT2D eigenvalue weighted by molar-refractivity contribution is 9.10. The molecule has 2 aromatic heterocycles. The van der Waals surface area contributed by atoms with Gasteiger partial charge >= 0.3 is 0 Å². The smallest absolute Gasteiger partial charge is 0.232 e. The summed E-state index contributed by atoms with van der Waals surface area (Å²) in [5.41, 5.74) is 0.801. The number of hydrogen-bond donors (Lipinski definition) is 1. The van der Waals surface area contributed by atoms with Gasteiger partial charge < -0.3 is 9.63 Å². The molecule has 5 nitrogen and oxygen atoms in total. The Kier molecular flexibility index (Phi) is 3.61. The lowest BCUT2D eigenvalue weighted by molar-refractivity contribution is 0.0908. The summed E-state index contributed by atoms with van der Waals surface area (Å²) in [6.07, 6.45) is 6.89. The maximum absolute atomic E-state index is 10.00. The Morgan fingerprint density at radius 2 is 2.11 bits per heavy atom. The van der Waals surface area contributed by atoms with Gasteiger partial charge in [-0.3, -0.25) is 4.98 Å². The van der Waals surface area contributed by atoms with E-state index in [0.717, 1.165) is 35.7 Å². The molecule has 0 aliphatic heterocycles. The molecule has 3 rings (SSSR count). The minimum Gasteiger partial charge on any atom is -0.392 e. The molecule has 0 spiro atoms. The number of pyridine rings is 1. The minimum atomic E-state index is -0.373. The maximum atomic E-state index is 10.00. The van der Waals surface area contributed by atoms with Gasteiger partial charge in [-0.25, -0.2) is 0 Å². The molecule has 1 fully saturated rings. The lowest BCUT2D eigenvalue weighted by Gasteiger charge is -2.24. The molecule has 2 heterocycles. The van der Waals surface area contributed by atoms with Crippen molar-refractivity contribution in [2.75, 3.05) is 0 Å². The first-order chi connectivity index (χ1) is 9.24. The minimum absolute atomic E-state index is 0.0323. The molecule has 1 aliphatic carbocycles. The summed E-state index contributed by atoms with van der Waals surface area (Å²) < 4.78 is 6.17. The van der Waals surface area contributed by atoms with Crippen LogP contribution in [0.25, 0.3) is 11.4 Å². The summed E-state index contributed by atoms with van der Waals surface area (Å²) in [7, 11) is 0. The van der Waals surface area contributed by atoms with E-state index in [4.69, 9.17) is 4.52 Å². The fourth-order valence-electron chi connectivity index (χ4n) is 2.44. The number of halogens is 1. The zero-order chi connectivity index (χ0) is 13.2. The van der Waals surface area contributed by atoms with Crippen molar-refractivity contribution in [3.8, 4) is 11.4 Å². The molecule has 100 valence electrons. The summed E-state index contributed by atoms with van der Waals surface area (Å²) in [6, 6.07) is 1.89. The second kappa shape index (κ2) is 5.38. The molecule has 1 aliphatic rings. The Labute approximate surface area is 119 Å². The van der Waals surface area contributed by atoms with Crippen LogP contribution in [0.3, 0.4) is 0 Å². The van der Waals surface area contributed by atoms with Gasteiger partial charge in [-0.15, -0.1) is 0 Å². The second-order valence-electron chi connectivity index (χ2n) is 4.81. The van der Waals surface area contributed by atoms with Crippen LogP contribution >= 0.6 is 15.9 Å². The van der Waals surface area contributed by atoms with E-state index in [1.807, 2.05) is 6.07 Å². The second-order valence-corrected chi connectivity index (χ2v) is 5.72. The number of rotatable bonds is 2. The number of aliphatic hydroxyl groups is 1. The van der Waals surface area contributed by atoms with E-state index in [2.05, 4.69) is 31.1 Å². The zero-order valence-corrected chi connectivity index (χ0v) is 11.9. The Morgan fingerprint density at radius 1 is 1.26 bits per heavy atom. The van der Waals surface area contributed by atoms with E-state index >= 15 is 0 Å². The van der Waals surface area contributed by atoms with Crippen LogP contribution < -0.4 is 0 Å². The summed E-state index contributed by atoms with van der Waals surface area (Å²) in [5, 5.41) is 14.0. The van der Waals surface area contributed by atoms with Crippen molar-refractivity contribution < 1.29 is 9.63 Å². The van der Waals surface area contributed by atoms with E-state index in [1.54, 1.807) is 12.4 Å². The van der Waals surface area contributed by atoms with Crippen LogP contribution in [0.2, 0.25) is 0 Å². The average molecular weight is 324 g/mol. The monoisotopic (exact) mass is 323 g/mol. The van der Waals surface area contributed by atoms with Gasteiger partial charge in [0.1, 0.15) is 0 Å². The van der Waals surface area contributed by atoms with Gasteiger partial charge in [0.2, 0.25) is 11.7 Å². The van der Waals surface area contributed by atoms with E-state index in [-0.39, 0.29) is 12.0 Å². The number of nitrogens with zero attached hydrogens (tertiary/aromatic N) is 3. The Bertz CT molecular complexity index is 573. The lowest BCUT2D eigenvalue weighted by Crippen LogP contribution is -2.22. The summed E-state index contributed by atoms with van der Waals surface area (Å²) in [6.45, 7) is 0. The molecule has 2 aromatic rings. The fraction of sp³-hybridized carbons (Fsp3) is 0.462. The van der Waals surface area contributed by atoms with E-state index < -0.39 is 0 Å². The van der Waals surface area contributed by atoms with Crippen LogP contribution in [0, 0.1) is 0 Å². The average Bonchev–Trinajstić information content (AvgIpc) is 2.89. The summed E-state index contributed by atoms with van der Waals surface area (Å²) >= 11 is 3.36. The molecule has 1 N–H and O–H groups in total. The predicted molar refractivity (Wildman–Crippen MR) is 72.4 cm³/mol. The van der Waals surface area contributed by atoms with Gasteiger partial charge in [-0.1, -0.05) is 18.0 Å². The highest BCUT2D eigenvalue weighted by Gasteiger charge is 2.29. The topological polar surface area (TPSA) is 72.0 Å². The molecule has 0 bridgehead atoms. The van der Waals surface area contributed by atoms with Crippen LogP contribution in [0.15, 0.2) is 27.5 Å². The summed E-state index contributed by atoms with van der Waals surface area (Å²) in [4.78, 5) is 8.48. The third-order valence-corrected chi connectivity index (χ3v) is 3.89. The van der Waals surface area contributed by atoms with Gasteiger partial charge in [0.25, 0.3) is 0 Å². The van der Waals surface area contributed by atoms with E-state index in [1.165, 1.54) is 0 Å². The molecule has 1 saturated carbocycles.